The van der Waals surface area contributed by atoms with Gasteiger partial charge in [-0.25, -0.2) is 4.79 Å². The zero-order valence-corrected chi connectivity index (χ0v) is 15.0. The number of carbonyl (C=O) groups excluding carboxylic acids is 1. The Labute approximate surface area is 148 Å². The molecule has 0 saturated heterocycles. The van der Waals surface area contributed by atoms with Gasteiger partial charge in [0.25, 0.3) is 0 Å². The Morgan fingerprint density at radius 1 is 1.44 bits per heavy atom. The molecule has 0 amide bonds. The fourth-order valence-corrected chi connectivity index (χ4v) is 2.64. The molecule has 0 aliphatic rings. The second-order valence-electron chi connectivity index (χ2n) is 5.94. The molecule has 0 bridgehead atoms. The van der Waals surface area contributed by atoms with Crippen LogP contribution in [0.25, 0.3) is 6.08 Å². The zero-order chi connectivity index (χ0) is 18.2. The molecule has 0 spiro atoms. The molecular formula is C20H23N3O2. The molecule has 5 heteroatoms. The average Bonchev–Trinajstić information content (AvgIpc) is 2.89. The Balaban J connectivity index is 2.14. The first-order chi connectivity index (χ1) is 12.1. The minimum atomic E-state index is -0.621. The van der Waals surface area contributed by atoms with Crippen LogP contribution in [0, 0.1) is 25.2 Å². The van der Waals surface area contributed by atoms with Gasteiger partial charge in [-0.05, 0) is 44.0 Å². The summed E-state index contributed by atoms with van der Waals surface area (Å²) in [5.41, 5.74) is 3.84. The first kappa shape index (κ1) is 18.5. The number of aryl methyl sites for hydroxylation is 1. The molecule has 0 N–H and O–H groups in total. The third kappa shape index (κ3) is 4.80. The number of ether oxygens (including phenoxy) is 1. The molecule has 0 radical (unpaired) electrons. The third-order valence-electron chi connectivity index (χ3n) is 4.08. The summed E-state index contributed by atoms with van der Waals surface area (Å²) >= 11 is 0. The van der Waals surface area contributed by atoms with Crippen LogP contribution in [-0.2, 0) is 22.7 Å². The van der Waals surface area contributed by atoms with Gasteiger partial charge in [0.1, 0.15) is 18.2 Å². The highest BCUT2D eigenvalue weighted by molar-refractivity contribution is 5.98. The molecule has 0 aliphatic carbocycles. The number of esters is 1. The Morgan fingerprint density at radius 3 is 2.88 bits per heavy atom. The van der Waals surface area contributed by atoms with Crippen LogP contribution in [0.5, 0.6) is 0 Å². The first-order valence-corrected chi connectivity index (χ1v) is 8.41. The van der Waals surface area contributed by atoms with Crippen molar-refractivity contribution in [3.05, 3.63) is 58.7 Å². The van der Waals surface area contributed by atoms with Gasteiger partial charge < -0.3 is 9.30 Å². The molecule has 2 rings (SSSR count). The van der Waals surface area contributed by atoms with Crippen molar-refractivity contribution in [3.8, 4) is 6.07 Å². The van der Waals surface area contributed by atoms with Crippen molar-refractivity contribution >= 4 is 12.0 Å². The van der Waals surface area contributed by atoms with Gasteiger partial charge in [-0.2, -0.15) is 5.26 Å². The number of aromatic nitrogens is 2. The summed E-state index contributed by atoms with van der Waals surface area (Å²) in [6.45, 7) is 7.23. The van der Waals surface area contributed by atoms with Gasteiger partial charge in [-0.3, -0.25) is 4.98 Å². The SMILES string of the molecule is CCCCn1c(C)cc(/C=C(/C#N)C(=O)OCc2cccnc2)c1C. The molecule has 0 unspecified atom stereocenters. The Kier molecular flexibility index (Phi) is 6.53. The van der Waals surface area contributed by atoms with E-state index in [9.17, 15) is 10.1 Å². The van der Waals surface area contributed by atoms with Crippen molar-refractivity contribution in [3.63, 3.8) is 0 Å². The maximum atomic E-state index is 12.2. The van der Waals surface area contributed by atoms with Crippen LogP contribution >= 0.6 is 0 Å². The van der Waals surface area contributed by atoms with Crippen LogP contribution < -0.4 is 0 Å². The lowest BCUT2D eigenvalue weighted by molar-refractivity contribution is -0.139. The molecule has 130 valence electrons. The first-order valence-electron chi connectivity index (χ1n) is 8.41. The number of rotatable bonds is 7. The van der Waals surface area contributed by atoms with Gasteiger partial charge in [-0.1, -0.05) is 19.4 Å². The van der Waals surface area contributed by atoms with Crippen LogP contribution in [0.2, 0.25) is 0 Å². The Morgan fingerprint density at radius 2 is 2.24 bits per heavy atom. The Bertz CT molecular complexity index is 798. The van der Waals surface area contributed by atoms with Crippen LogP contribution in [0.3, 0.4) is 0 Å². The second kappa shape index (κ2) is 8.84. The van der Waals surface area contributed by atoms with Crippen molar-refractivity contribution in [2.45, 2.75) is 46.8 Å². The molecular weight excluding hydrogens is 314 g/mol. The average molecular weight is 337 g/mol. The smallest absolute Gasteiger partial charge is 0.349 e. The van der Waals surface area contributed by atoms with E-state index in [0.29, 0.717) is 0 Å². The molecule has 2 aromatic rings. The maximum Gasteiger partial charge on any atom is 0.349 e. The molecule has 0 saturated carbocycles. The summed E-state index contributed by atoms with van der Waals surface area (Å²) in [4.78, 5) is 16.2. The van der Waals surface area contributed by atoms with E-state index in [2.05, 4.69) is 16.5 Å². The number of pyridine rings is 1. The summed E-state index contributed by atoms with van der Waals surface area (Å²) in [6.07, 6.45) is 7.10. The van der Waals surface area contributed by atoms with E-state index < -0.39 is 5.97 Å². The summed E-state index contributed by atoms with van der Waals surface area (Å²) in [5, 5.41) is 9.33. The van der Waals surface area contributed by atoms with E-state index in [1.165, 1.54) is 0 Å². The summed E-state index contributed by atoms with van der Waals surface area (Å²) < 4.78 is 7.43. The summed E-state index contributed by atoms with van der Waals surface area (Å²) in [6, 6.07) is 7.53. The van der Waals surface area contributed by atoms with E-state index in [4.69, 9.17) is 4.74 Å². The minimum absolute atomic E-state index is 0.000341. The number of hydrogen-bond donors (Lipinski definition) is 0. The van der Waals surface area contributed by atoms with Crippen LogP contribution in [0.1, 0.15) is 42.3 Å². The number of hydrogen-bond acceptors (Lipinski definition) is 4. The lowest BCUT2D eigenvalue weighted by Gasteiger charge is -2.08. The van der Waals surface area contributed by atoms with E-state index in [-0.39, 0.29) is 12.2 Å². The maximum absolute atomic E-state index is 12.2. The van der Waals surface area contributed by atoms with Gasteiger partial charge in [-0.15, -0.1) is 0 Å². The van der Waals surface area contributed by atoms with Crippen molar-refractivity contribution in [2.75, 3.05) is 0 Å². The highest BCUT2D eigenvalue weighted by Crippen LogP contribution is 2.19. The highest BCUT2D eigenvalue weighted by Gasteiger charge is 2.14. The largest absolute Gasteiger partial charge is 0.457 e. The van der Waals surface area contributed by atoms with Gasteiger partial charge in [0.05, 0.1) is 0 Å². The van der Waals surface area contributed by atoms with E-state index in [1.807, 2.05) is 32.0 Å². The lowest BCUT2D eigenvalue weighted by Crippen LogP contribution is -2.07. The summed E-state index contributed by atoms with van der Waals surface area (Å²) in [7, 11) is 0. The van der Waals surface area contributed by atoms with Gasteiger partial charge in [0.2, 0.25) is 0 Å². The second-order valence-corrected chi connectivity index (χ2v) is 5.94. The monoisotopic (exact) mass is 337 g/mol. The van der Waals surface area contributed by atoms with Crippen molar-refractivity contribution in [1.29, 1.82) is 5.26 Å². The van der Waals surface area contributed by atoms with Gasteiger partial charge >= 0.3 is 5.97 Å². The molecule has 0 aliphatic heterocycles. The number of unbranched alkanes of at least 4 members (excludes halogenated alkanes) is 1. The summed E-state index contributed by atoms with van der Waals surface area (Å²) in [5.74, 6) is -0.621. The highest BCUT2D eigenvalue weighted by atomic mass is 16.5. The quantitative estimate of drug-likeness (QED) is 0.436. The van der Waals surface area contributed by atoms with Gasteiger partial charge in [0.15, 0.2) is 0 Å². The predicted molar refractivity (Wildman–Crippen MR) is 96.4 cm³/mol. The van der Waals surface area contributed by atoms with E-state index >= 15 is 0 Å². The lowest BCUT2D eigenvalue weighted by atomic mass is 10.1. The fraction of sp³-hybridized carbons (Fsp3) is 0.350. The number of nitrogens with zero attached hydrogens (tertiary/aromatic N) is 3. The van der Waals surface area contributed by atoms with Crippen LogP contribution in [-0.4, -0.2) is 15.5 Å². The van der Waals surface area contributed by atoms with E-state index in [1.54, 1.807) is 24.5 Å². The van der Waals surface area contributed by atoms with E-state index in [0.717, 1.165) is 41.9 Å². The molecule has 0 atom stereocenters. The zero-order valence-electron chi connectivity index (χ0n) is 15.0. The minimum Gasteiger partial charge on any atom is -0.457 e. The predicted octanol–water partition coefficient (Wildman–Crippen LogP) is 3.95. The third-order valence-corrected chi connectivity index (χ3v) is 4.08. The van der Waals surface area contributed by atoms with Crippen molar-refractivity contribution < 1.29 is 9.53 Å². The Hall–Kier alpha value is -2.87. The molecule has 5 nitrogen and oxygen atoms in total. The molecule has 2 heterocycles. The number of nitriles is 1. The van der Waals surface area contributed by atoms with Crippen LogP contribution in [0.15, 0.2) is 36.2 Å². The standard InChI is InChI=1S/C20H23N3O2/c1-4-5-9-23-15(2)10-18(16(23)3)11-19(12-21)20(24)25-14-17-7-6-8-22-13-17/h6-8,10-11,13H,4-5,9,14H2,1-3H3/b19-11-. The van der Waals surface area contributed by atoms with Gasteiger partial charge in [0, 0.05) is 35.9 Å². The molecule has 0 aromatic carbocycles. The van der Waals surface area contributed by atoms with Crippen molar-refractivity contribution in [2.24, 2.45) is 0 Å². The fourth-order valence-electron chi connectivity index (χ4n) is 2.64. The van der Waals surface area contributed by atoms with Crippen molar-refractivity contribution in [1.82, 2.24) is 9.55 Å². The molecule has 0 fully saturated rings. The van der Waals surface area contributed by atoms with Crippen LogP contribution in [0.4, 0.5) is 0 Å². The molecule has 25 heavy (non-hydrogen) atoms. The number of carbonyl (C=O) groups is 1. The topological polar surface area (TPSA) is 67.9 Å². The molecule has 2 aromatic heterocycles. The normalized spacial score (nSPS) is 11.2.